The summed E-state index contributed by atoms with van der Waals surface area (Å²) < 4.78 is 5.58. The smallest absolute Gasteiger partial charge is 0.256 e. The fraction of sp³-hybridized carbons (Fsp3) is 0.267. The van der Waals surface area contributed by atoms with Crippen molar-refractivity contribution in [3.8, 4) is 0 Å². The number of nitrogens with one attached hydrogen (secondary N) is 1. The SMILES string of the molecule is CN1Cc2ccccc2C(NC(=O)c2ccoc2Br)C1. The molecule has 1 aromatic carbocycles. The number of furan rings is 1. The molecule has 0 fully saturated rings. The zero-order valence-electron chi connectivity index (χ0n) is 11.1. The van der Waals surface area contributed by atoms with Gasteiger partial charge in [-0.25, -0.2) is 0 Å². The Morgan fingerprint density at radius 1 is 1.40 bits per heavy atom. The van der Waals surface area contributed by atoms with E-state index in [2.05, 4.69) is 45.3 Å². The molecule has 1 aliphatic rings. The monoisotopic (exact) mass is 334 g/mol. The normalized spacial score (nSPS) is 18.6. The number of nitrogens with zero attached hydrogens (tertiary/aromatic N) is 1. The molecule has 1 aliphatic heterocycles. The van der Waals surface area contributed by atoms with Gasteiger partial charge >= 0.3 is 0 Å². The van der Waals surface area contributed by atoms with Crippen LogP contribution in [0.4, 0.5) is 0 Å². The molecule has 20 heavy (non-hydrogen) atoms. The first-order valence-electron chi connectivity index (χ1n) is 6.45. The quantitative estimate of drug-likeness (QED) is 0.918. The molecule has 0 bridgehead atoms. The van der Waals surface area contributed by atoms with Gasteiger partial charge in [0.1, 0.15) is 0 Å². The molecule has 1 atom stereocenters. The minimum absolute atomic E-state index is 0.000694. The van der Waals surface area contributed by atoms with Gasteiger partial charge in [0, 0.05) is 13.1 Å². The van der Waals surface area contributed by atoms with Crippen LogP contribution in [0.2, 0.25) is 0 Å². The maximum absolute atomic E-state index is 12.3. The lowest BCUT2D eigenvalue weighted by atomic mass is 9.95. The highest BCUT2D eigenvalue weighted by Crippen LogP contribution is 2.26. The van der Waals surface area contributed by atoms with E-state index in [1.807, 2.05) is 12.1 Å². The third kappa shape index (κ3) is 2.51. The maximum atomic E-state index is 12.3. The summed E-state index contributed by atoms with van der Waals surface area (Å²) in [6, 6.07) is 9.90. The minimum Gasteiger partial charge on any atom is -0.457 e. The summed E-state index contributed by atoms with van der Waals surface area (Å²) in [5.74, 6) is -0.124. The second kappa shape index (κ2) is 5.42. The summed E-state index contributed by atoms with van der Waals surface area (Å²) in [5, 5.41) is 3.08. The molecule has 5 heteroatoms. The number of carbonyl (C=O) groups excluding carboxylic acids is 1. The number of rotatable bonds is 2. The van der Waals surface area contributed by atoms with Gasteiger partial charge in [-0.1, -0.05) is 24.3 Å². The number of amides is 1. The van der Waals surface area contributed by atoms with Crippen molar-refractivity contribution in [2.24, 2.45) is 0 Å². The van der Waals surface area contributed by atoms with E-state index in [0.29, 0.717) is 10.2 Å². The van der Waals surface area contributed by atoms with Crippen molar-refractivity contribution in [1.29, 1.82) is 0 Å². The summed E-state index contributed by atoms with van der Waals surface area (Å²) in [6.07, 6.45) is 1.50. The van der Waals surface area contributed by atoms with Crippen molar-refractivity contribution in [3.05, 3.63) is 58.0 Å². The van der Waals surface area contributed by atoms with Crippen LogP contribution in [-0.2, 0) is 6.54 Å². The van der Waals surface area contributed by atoms with Crippen LogP contribution in [0.5, 0.6) is 0 Å². The Kier molecular flexibility index (Phi) is 3.63. The zero-order chi connectivity index (χ0) is 14.1. The maximum Gasteiger partial charge on any atom is 0.256 e. The van der Waals surface area contributed by atoms with E-state index in [4.69, 9.17) is 4.42 Å². The first kappa shape index (κ1) is 13.4. The Balaban J connectivity index is 1.84. The van der Waals surface area contributed by atoms with Gasteiger partial charge in [0.25, 0.3) is 5.91 Å². The van der Waals surface area contributed by atoms with E-state index in [1.165, 1.54) is 17.4 Å². The lowest BCUT2D eigenvalue weighted by Crippen LogP contribution is -2.40. The van der Waals surface area contributed by atoms with Crippen LogP contribution >= 0.6 is 15.9 Å². The molecule has 0 saturated heterocycles. The molecule has 1 unspecified atom stereocenters. The summed E-state index contributed by atoms with van der Waals surface area (Å²) in [6.45, 7) is 1.72. The molecule has 4 nitrogen and oxygen atoms in total. The van der Waals surface area contributed by atoms with Crippen LogP contribution < -0.4 is 5.32 Å². The van der Waals surface area contributed by atoms with E-state index >= 15 is 0 Å². The van der Waals surface area contributed by atoms with Crippen LogP contribution in [0.25, 0.3) is 0 Å². The van der Waals surface area contributed by atoms with E-state index in [0.717, 1.165) is 13.1 Å². The lowest BCUT2D eigenvalue weighted by Gasteiger charge is -2.32. The third-order valence-electron chi connectivity index (χ3n) is 3.53. The number of hydrogen-bond acceptors (Lipinski definition) is 3. The van der Waals surface area contributed by atoms with E-state index in [1.54, 1.807) is 6.07 Å². The molecule has 0 aliphatic carbocycles. The van der Waals surface area contributed by atoms with Crippen LogP contribution in [0, 0.1) is 0 Å². The molecular weight excluding hydrogens is 320 g/mol. The van der Waals surface area contributed by atoms with Gasteiger partial charge in [0.15, 0.2) is 4.67 Å². The highest BCUT2D eigenvalue weighted by molar-refractivity contribution is 9.10. The molecule has 0 radical (unpaired) electrons. The van der Waals surface area contributed by atoms with Crippen molar-refractivity contribution in [2.45, 2.75) is 12.6 Å². The fourth-order valence-corrected chi connectivity index (χ4v) is 3.02. The highest BCUT2D eigenvalue weighted by atomic mass is 79.9. The molecule has 1 N–H and O–H groups in total. The Morgan fingerprint density at radius 2 is 2.20 bits per heavy atom. The topological polar surface area (TPSA) is 45.5 Å². The molecule has 0 saturated carbocycles. The predicted octanol–water partition coefficient (Wildman–Crippen LogP) is 2.96. The molecule has 3 rings (SSSR count). The second-order valence-corrected chi connectivity index (χ2v) is 5.75. The van der Waals surface area contributed by atoms with Crippen molar-refractivity contribution < 1.29 is 9.21 Å². The summed E-state index contributed by atoms with van der Waals surface area (Å²) in [5.41, 5.74) is 2.98. The number of hydrogen-bond donors (Lipinski definition) is 1. The predicted molar refractivity (Wildman–Crippen MR) is 79.4 cm³/mol. The molecule has 1 aromatic heterocycles. The summed E-state index contributed by atoms with van der Waals surface area (Å²) >= 11 is 3.24. The molecule has 1 amide bonds. The van der Waals surface area contributed by atoms with Crippen LogP contribution in [-0.4, -0.2) is 24.4 Å². The van der Waals surface area contributed by atoms with Gasteiger partial charge < -0.3 is 9.73 Å². The van der Waals surface area contributed by atoms with Crippen LogP contribution in [0.3, 0.4) is 0 Å². The average Bonchev–Trinajstić information content (AvgIpc) is 2.85. The van der Waals surface area contributed by atoms with Crippen molar-refractivity contribution in [3.63, 3.8) is 0 Å². The zero-order valence-corrected chi connectivity index (χ0v) is 12.7. The highest BCUT2D eigenvalue weighted by Gasteiger charge is 2.25. The molecule has 2 heterocycles. The average molecular weight is 335 g/mol. The van der Waals surface area contributed by atoms with Crippen molar-refractivity contribution in [1.82, 2.24) is 10.2 Å². The van der Waals surface area contributed by atoms with Gasteiger partial charge in [-0.3, -0.25) is 9.69 Å². The lowest BCUT2D eigenvalue weighted by molar-refractivity contribution is 0.0920. The minimum atomic E-state index is -0.124. The first-order chi connectivity index (χ1) is 9.65. The first-order valence-corrected chi connectivity index (χ1v) is 7.24. The largest absolute Gasteiger partial charge is 0.457 e. The van der Waals surface area contributed by atoms with Crippen molar-refractivity contribution in [2.75, 3.05) is 13.6 Å². The van der Waals surface area contributed by atoms with Gasteiger partial charge in [0.05, 0.1) is 17.9 Å². The number of carbonyl (C=O) groups is 1. The van der Waals surface area contributed by atoms with Gasteiger partial charge in [-0.05, 0) is 40.2 Å². The summed E-state index contributed by atoms with van der Waals surface area (Å²) in [4.78, 5) is 14.5. The Morgan fingerprint density at radius 3 is 2.95 bits per heavy atom. The molecule has 2 aromatic rings. The number of halogens is 1. The van der Waals surface area contributed by atoms with E-state index in [-0.39, 0.29) is 11.9 Å². The number of benzene rings is 1. The van der Waals surface area contributed by atoms with E-state index in [9.17, 15) is 4.79 Å². The Bertz CT molecular complexity index is 638. The standard InChI is InChI=1S/C15H15BrN2O2/c1-18-8-10-4-2-3-5-11(10)13(9-18)17-15(19)12-6-7-20-14(12)16/h2-7,13H,8-9H2,1H3,(H,17,19). The second-order valence-electron chi connectivity index (χ2n) is 5.03. The number of fused-ring (bicyclic) bond motifs is 1. The Labute approximate surface area is 125 Å². The summed E-state index contributed by atoms with van der Waals surface area (Å²) in [7, 11) is 2.06. The van der Waals surface area contributed by atoms with Gasteiger partial charge in [0.2, 0.25) is 0 Å². The molecular formula is C15H15BrN2O2. The van der Waals surface area contributed by atoms with Crippen molar-refractivity contribution >= 4 is 21.8 Å². The van der Waals surface area contributed by atoms with Gasteiger partial charge in [-0.2, -0.15) is 0 Å². The molecule has 104 valence electrons. The van der Waals surface area contributed by atoms with Gasteiger partial charge in [-0.15, -0.1) is 0 Å². The number of likely N-dealkylation sites (N-methyl/N-ethyl adjacent to an activating group) is 1. The third-order valence-corrected chi connectivity index (χ3v) is 4.15. The van der Waals surface area contributed by atoms with Crippen LogP contribution in [0.15, 0.2) is 45.7 Å². The Hall–Kier alpha value is -1.59. The molecule has 0 spiro atoms. The fourth-order valence-electron chi connectivity index (χ4n) is 2.60. The van der Waals surface area contributed by atoms with Crippen LogP contribution in [0.1, 0.15) is 27.5 Å². The van der Waals surface area contributed by atoms with E-state index < -0.39 is 0 Å².